The van der Waals surface area contributed by atoms with E-state index in [1.165, 1.54) is 18.5 Å². The van der Waals surface area contributed by atoms with Crippen molar-refractivity contribution in [2.75, 3.05) is 0 Å². The molecule has 0 unspecified atom stereocenters. The van der Waals surface area contributed by atoms with Crippen LogP contribution in [-0.2, 0) is 0 Å². The van der Waals surface area contributed by atoms with Crippen LogP contribution in [0.2, 0.25) is 0 Å². The van der Waals surface area contributed by atoms with Crippen molar-refractivity contribution >= 4 is 0 Å². The van der Waals surface area contributed by atoms with Crippen molar-refractivity contribution in [3.8, 4) is 17.1 Å². The van der Waals surface area contributed by atoms with Crippen LogP contribution >= 0.6 is 0 Å². The van der Waals surface area contributed by atoms with Crippen molar-refractivity contribution in [2.24, 2.45) is 0 Å². The van der Waals surface area contributed by atoms with Crippen LogP contribution in [0.1, 0.15) is 0 Å². The number of rotatable bonds is 1. The molecular weight excluding hydrogens is 187 g/mol. The lowest BCUT2D eigenvalue weighted by atomic mass is 10.2. The minimum Gasteiger partial charge on any atom is -0.508 e. The Kier molecular flexibility index (Phi) is 2.02. The molecule has 14 heavy (non-hydrogen) atoms. The molecule has 6 heteroatoms. The van der Waals surface area contributed by atoms with Crippen LogP contribution in [0.4, 0.5) is 4.39 Å². The van der Waals surface area contributed by atoms with E-state index in [-0.39, 0.29) is 11.6 Å². The topological polar surface area (TPSA) is 71.8 Å². The second-order valence-electron chi connectivity index (χ2n) is 2.57. The average Bonchev–Trinajstić information content (AvgIpc) is 2.18. The van der Waals surface area contributed by atoms with E-state index >= 15 is 0 Å². The highest BCUT2D eigenvalue weighted by Gasteiger charge is 2.05. The number of benzene rings is 1. The molecule has 5 nitrogen and oxygen atoms in total. The van der Waals surface area contributed by atoms with Crippen LogP contribution < -0.4 is 0 Å². The summed E-state index contributed by atoms with van der Waals surface area (Å²) in [6.07, 6.45) is 1.17. The zero-order valence-electron chi connectivity index (χ0n) is 6.92. The van der Waals surface area contributed by atoms with Gasteiger partial charge in [0.05, 0.1) is 0 Å². The fourth-order valence-corrected chi connectivity index (χ4v) is 1.02. The molecule has 0 bridgehead atoms. The number of hydrogen-bond donors (Lipinski definition) is 1. The summed E-state index contributed by atoms with van der Waals surface area (Å²) in [6, 6.07) is 3.52. The van der Waals surface area contributed by atoms with Gasteiger partial charge >= 0.3 is 0 Å². The van der Waals surface area contributed by atoms with Gasteiger partial charge in [-0.05, 0) is 12.1 Å². The van der Waals surface area contributed by atoms with E-state index in [0.717, 1.165) is 6.07 Å². The summed E-state index contributed by atoms with van der Waals surface area (Å²) < 4.78 is 12.9. The molecule has 1 aromatic carbocycles. The van der Waals surface area contributed by atoms with Crippen LogP contribution in [0.3, 0.4) is 0 Å². The summed E-state index contributed by atoms with van der Waals surface area (Å²) in [5.74, 6) is -0.581. The van der Waals surface area contributed by atoms with Gasteiger partial charge in [0, 0.05) is 11.6 Å². The lowest BCUT2D eigenvalue weighted by Crippen LogP contribution is -1.94. The van der Waals surface area contributed by atoms with E-state index in [0.29, 0.717) is 5.56 Å². The first-order valence-electron chi connectivity index (χ1n) is 3.76. The minimum atomic E-state index is -0.563. The van der Waals surface area contributed by atoms with Crippen molar-refractivity contribution in [1.82, 2.24) is 20.4 Å². The molecule has 2 aromatic rings. The highest BCUT2D eigenvalue weighted by Crippen LogP contribution is 2.20. The Labute approximate surface area is 78.3 Å². The van der Waals surface area contributed by atoms with Crippen LogP contribution in [0.15, 0.2) is 24.5 Å². The number of phenolic OH excluding ortho intramolecular Hbond substituents is 1. The van der Waals surface area contributed by atoms with Crippen molar-refractivity contribution in [1.29, 1.82) is 0 Å². The molecule has 0 atom stereocenters. The first kappa shape index (κ1) is 8.49. The van der Waals surface area contributed by atoms with Gasteiger partial charge in [-0.3, -0.25) is 0 Å². The SMILES string of the molecule is Oc1cc(F)cc(-c2nncnn2)c1. The second-order valence-corrected chi connectivity index (χ2v) is 2.57. The molecule has 0 aliphatic heterocycles. The molecule has 0 aliphatic rings. The maximum atomic E-state index is 12.9. The summed E-state index contributed by atoms with van der Waals surface area (Å²) >= 11 is 0. The van der Waals surface area contributed by atoms with Gasteiger partial charge in [-0.25, -0.2) is 4.39 Å². The standard InChI is InChI=1S/C8H5FN4O/c9-6-1-5(2-7(14)3-6)8-12-10-4-11-13-8/h1-4,14H. The van der Waals surface area contributed by atoms with Gasteiger partial charge in [0.15, 0.2) is 6.33 Å². The molecular formula is C8H5FN4O. The third-order valence-corrected chi connectivity index (χ3v) is 1.55. The van der Waals surface area contributed by atoms with Gasteiger partial charge in [0.1, 0.15) is 11.6 Å². The van der Waals surface area contributed by atoms with E-state index in [4.69, 9.17) is 5.11 Å². The predicted octanol–water partition coefficient (Wildman–Crippen LogP) is 0.778. The molecule has 70 valence electrons. The van der Waals surface area contributed by atoms with E-state index in [2.05, 4.69) is 20.4 Å². The highest BCUT2D eigenvalue weighted by atomic mass is 19.1. The Morgan fingerprint density at radius 3 is 2.43 bits per heavy atom. The number of aromatic hydroxyl groups is 1. The Bertz CT molecular complexity index is 428. The predicted molar refractivity (Wildman–Crippen MR) is 44.7 cm³/mol. The summed E-state index contributed by atoms with van der Waals surface area (Å²) in [7, 11) is 0. The maximum absolute atomic E-state index is 12.9. The van der Waals surface area contributed by atoms with E-state index < -0.39 is 5.82 Å². The largest absolute Gasteiger partial charge is 0.508 e. The molecule has 0 fully saturated rings. The van der Waals surface area contributed by atoms with Crippen molar-refractivity contribution < 1.29 is 9.50 Å². The number of halogens is 1. The number of aromatic nitrogens is 4. The van der Waals surface area contributed by atoms with E-state index in [9.17, 15) is 4.39 Å². The lowest BCUT2D eigenvalue weighted by Gasteiger charge is -1.98. The van der Waals surface area contributed by atoms with Gasteiger partial charge in [-0.15, -0.1) is 20.4 Å². The monoisotopic (exact) mass is 192 g/mol. The lowest BCUT2D eigenvalue weighted by molar-refractivity contribution is 0.469. The number of nitrogens with zero attached hydrogens (tertiary/aromatic N) is 4. The fraction of sp³-hybridized carbons (Fsp3) is 0. The van der Waals surface area contributed by atoms with Crippen LogP contribution in [-0.4, -0.2) is 25.5 Å². The van der Waals surface area contributed by atoms with Gasteiger partial charge in [0.25, 0.3) is 0 Å². The van der Waals surface area contributed by atoms with E-state index in [1.54, 1.807) is 0 Å². The van der Waals surface area contributed by atoms with E-state index in [1.807, 2.05) is 0 Å². The van der Waals surface area contributed by atoms with Crippen LogP contribution in [0.5, 0.6) is 5.75 Å². The highest BCUT2D eigenvalue weighted by molar-refractivity contribution is 5.56. The Hall–Kier alpha value is -2.11. The smallest absolute Gasteiger partial charge is 0.203 e. The molecule has 1 heterocycles. The molecule has 0 spiro atoms. The molecule has 0 amide bonds. The van der Waals surface area contributed by atoms with Crippen molar-refractivity contribution in [3.05, 3.63) is 30.3 Å². The van der Waals surface area contributed by atoms with Crippen molar-refractivity contribution in [2.45, 2.75) is 0 Å². The minimum absolute atomic E-state index is 0.169. The van der Waals surface area contributed by atoms with Gasteiger partial charge in [0.2, 0.25) is 5.82 Å². The Morgan fingerprint density at radius 1 is 1.07 bits per heavy atom. The molecule has 0 saturated heterocycles. The molecule has 0 aliphatic carbocycles. The second kappa shape index (κ2) is 3.33. The maximum Gasteiger partial charge on any atom is 0.203 e. The molecule has 1 N–H and O–H groups in total. The molecule has 0 saturated carbocycles. The quantitative estimate of drug-likeness (QED) is 0.722. The van der Waals surface area contributed by atoms with Gasteiger partial charge < -0.3 is 5.11 Å². The fourth-order valence-electron chi connectivity index (χ4n) is 1.02. The third kappa shape index (κ3) is 1.63. The molecule has 2 rings (SSSR count). The third-order valence-electron chi connectivity index (χ3n) is 1.55. The summed E-state index contributed by atoms with van der Waals surface area (Å²) in [5, 5.41) is 23.4. The van der Waals surface area contributed by atoms with Crippen LogP contribution in [0.25, 0.3) is 11.4 Å². The Morgan fingerprint density at radius 2 is 1.79 bits per heavy atom. The number of phenols is 1. The summed E-state index contributed by atoms with van der Waals surface area (Å²) in [5.41, 5.74) is 0.336. The zero-order valence-corrected chi connectivity index (χ0v) is 6.92. The normalized spacial score (nSPS) is 10.1. The first-order valence-corrected chi connectivity index (χ1v) is 3.76. The zero-order chi connectivity index (χ0) is 9.97. The Balaban J connectivity index is 2.52. The summed E-state index contributed by atoms with van der Waals surface area (Å²) in [4.78, 5) is 0. The summed E-state index contributed by atoms with van der Waals surface area (Å²) in [6.45, 7) is 0. The van der Waals surface area contributed by atoms with Gasteiger partial charge in [-0.2, -0.15) is 0 Å². The van der Waals surface area contributed by atoms with Crippen molar-refractivity contribution in [3.63, 3.8) is 0 Å². The number of hydrogen-bond acceptors (Lipinski definition) is 5. The molecule has 1 aromatic heterocycles. The first-order chi connectivity index (χ1) is 6.75. The molecule has 0 radical (unpaired) electrons. The van der Waals surface area contributed by atoms with Gasteiger partial charge in [-0.1, -0.05) is 0 Å². The van der Waals surface area contributed by atoms with Crippen LogP contribution in [0, 0.1) is 5.82 Å². The average molecular weight is 192 g/mol.